The molecular weight excluding hydrogens is 291 g/mol. The Morgan fingerprint density at radius 3 is 2.83 bits per heavy atom. The lowest BCUT2D eigenvalue weighted by atomic mass is 10.3. The number of thioether (sulfide) groups is 1. The second kappa shape index (κ2) is 4.25. The van der Waals surface area contributed by atoms with Crippen LogP contribution in [-0.2, 0) is 0 Å². The van der Waals surface area contributed by atoms with Gasteiger partial charge >= 0.3 is 0 Å². The van der Waals surface area contributed by atoms with Crippen LogP contribution in [-0.4, -0.2) is 29.7 Å². The Bertz CT molecular complexity index is 610. The molecule has 2 heterocycles. The summed E-state index contributed by atoms with van der Waals surface area (Å²) in [6, 6.07) is 2.02. The number of hydrogen-bond donors (Lipinski definition) is 0. The smallest absolute Gasteiger partial charge is 0.256 e. The molecule has 1 fully saturated rings. The number of nitrogens with zero attached hydrogens (tertiary/aromatic N) is 4. The molecule has 1 aliphatic rings. The maximum absolute atomic E-state index is 6.01. The standard InChI is InChI=1S/C11H12Cl2N4S/c1-6-3-7(2)17-9(14-6)15-16-10(17)18-5-8-4-11(8,12)13/h3,8H,4-5H2,1-2H3. The Labute approximate surface area is 119 Å². The molecule has 1 unspecified atom stereocenters. The van der Waals surface area contributed by atoms with Crippen LogP contribution in [0.4, 0.5) is 0 Å². The van der Waals surface area contributed by atoms with E-state index in [9.17, 15) is 0 Å². The number of halogens is 2. The van der Waals surface area contributed by atoms with Crippen molar-refractivity contribution in [3.05, 3.63) is 17.5 Å². The first-order valence-corrected chi connectivity index (χ1v) is 7.41. The summed E-state index contributed by atoms with van der Waals surface area (Å²) in [7, 11) is 0. The number of alkyl halides is 2. The first kappa shape index (κ1) is 12.5. The highest BCUT2D eigenvalue weighted by molar-refractivity contribution is 7.99. The third-order valence-corrected chi connectivity index (χ3v) is 5.05. The van der Waals surface area contributed by atoms with Gasteiger partial charge in [0.05, 0.1) is 0 Å². The van der Waals surface area contributed by atoms with E-state index in [1.165, 1.54) is 0 Å². The highest BCUT2D eigenvalue weighted by atomic mass is 35.5. The summed E-state index contributed by atoms with van der Waals surface area (Å²) in [6.07, 6.45) is 0.857. The minimum atomic E-state index is -0.530. The zero-order valence-electron chi connectivity index (χ0n) is 10.0. The molecule has 0 amide bonds. The van der Waals surface area contributed by atoms with Crippen LogP contribution in [0.3, 0.4) is 0 Å². The summed E-state index contributed by atoms with van der Waals surface area (Å²) in [4.78, 5) is 4.35. The van der Waals surface area contributed by atoms with E-state index >= 15 is 0 Å². The van der Waals surface area contributed by atoms with Crippen LogP contribution in [0, 0.1) is 19.8 Å². The zero-order valence-corrected chi connectivity index (χ0v) is 12.4. The number of aryl methyl sites for hydroxylation is 2. The predicted molar refractivity (Wildman–Crippen MR) is 73.5 cm³/mol. The van der Waals surface area contributed by atoms with Crippen molar-refractivity contribution >= 4 is 40.7 Å². The van der Waals surface area contributed by atoms with Gasteiger partial charge in [0, 0.05) is 23.1 Å². The molecule has 3 rings (SSSR count). The van der Waals surface area contributed by atoms with Gasteiger partial charge in [0.1, 0.15) is 4.33 Å². The molecule has 0 spiro atoms. The first-order chi connectivity index (χ1) is 8.47. The van der Waals surface area contributed by atoms with Gasteiger partial charge < -0.3 is 0 Å². The minimum Gasteiger partial charge on any atom is -0.259 e. The van der Waals surface area contributed by atoms with E-state index in [1.807, 2.05) is 24.3 Å². The molecule has 1 saturated carbocycles. The number of rotatable bonds is 3. The molecule has 7 heteroatoms. The summed E-state index contributed by atoms with van der Waals surface area (Å²) in [5, 5.41) is 9.11. The molecule has 0 saturated heterocycles. The van der Waals surface area contributed by atoms with Gasteiger partial charge in [0.25, 0.3) is 5.78 Å². The normalized spacial score (nSPS) is 21.4. The molecule has 4 nitrogen and oxygen atoms in total. The van der Waals surface area contributed by atoms with Crippen molar-refractivity contribution < 1.29 is 0 Å². The van der Waals surface area contributed by atoms with Crippen molar-refractivity contribution in [1.82, 2.24) is 19.6 Å². The van der Waals surface area contributed by atoms with Gasteiger partial charge in [-0.15, -0.1) is 33.4 Å². The average Bonchev–Trinajstić information content (AvgIpc) is 2.70. The molecule has 1 aliphatic carbocycles. The van der Waals surface area contributed by atoms with E-state index in [4.69, 9.17) is 23.2 Å². The molecule has 0 aromatic carbocycles. The molecular formula is C11H12Cl2N4S. The molecule has 1 atom stereocenters. The van der Waals surface area contributed by atoms with Crippen molar-refractivity contribution in [1.29, 1.82) is 0 Å². The van der Waals surface area contributed by atoms with Crippen LogP contribution in [0.1, 0.15) is 17.8 Å². The molecule has 2 aromatic rings. The van der Waals surface area contributed by atoms with Crippen molar-refractivity contribution in [3.63, 3.8) is 0 Å². The number of hydrogen-bond acceptors (Lipinski definition) is 4. The van der Waals surface area contributed by atoms with Gasteiger partial charge in [-0.05, 0) is 26.3 Å². The summed E-state index contributed by atoms with van der Waals surface area (Å²) < 4.78 is 1.43. The van der Waals surface area contributed by atoms with E-state index < -0.39 is 4.33 Å². The van der Waals surface area contributed by atoms with E-state index in [2.05, 4.69) is 15.2 Å². The van der Waals surface area contributed by atoms with Gasteiger partial charge in [0.2, 0.25) is 0 Å². The summed E-state index contributed by atoms with van der Waals surface area (Å²) in [5.41, 5.74) is 2.04. The molecule has 96 valence electrons. The third kappa shape index (κ3) is 2.19. The van der Waals surface area contributed by atoms with Crippen molar-refractivity contribution in [2.45, 2.75) is 29.8 Å². The fourth-order valence-electron chi connectivity index (χ4n) is 1.92. The summed E-state index contributed by atoms with van der Waals surface area (Å²) in [5.74, 6) is 1.85. The topological polar surface area (TPSA) is 43.1 Å². The fourth-order valence-corrected chi connectivity index (χ4v) is 3.84. The SMILES string of the molecule is Cc1cc(C)n2c(SCC3CC3(Cl)Cl)nnc2n1. The maximum Gasteiger partial charge on any atom is 0.256 e. The Balaban J connectivity index is 1.84. The molecule has 0 aliphatic heterocycles. The van der Waals surface area contributed by atoms with Crippen LogP contribution in [0.2, 0.25) is 0 Å². The Morgan fingerprint density at radius 2 is 2.17 bits per heavy atom. The maximum atomic E-state index is 6.01. The van der Waals surface area contributed by atoms with Crippen LogP contribution in [0.15, 0.2) is 11.2 Å². The number of aromatic nitrogens is 4. The zero-order chi connectivity index (χ0) is 12.9. The molecule has 0 N–H and O–H groups in total. The molecule has 0 radical (unpaired) electrons. The second-order valence-electron chi connectivity index (χ2n) is 4.63. The quantitative estimate of drug-likeness (QED) is 0.646. The average molecular weight is 303 g/mol. The van der Waals surface area contributed by atoms with Gasteiger partial charge in [-0.2, -0.15) is 0 Å². The highest BCUT2D eigenvalue weighted by Crippen LogP contribution is 2.54. The molecule has 0 bridgehead atoms. The summed E-state index contributed by atoms with van der Waals surface area (Å²) in [6.45, 7) is 3.98. The van der Waals surface area contributed by atoms with Gasteiger partial charge in [-0.25, -0.2) is 4.98 Å². The van der Waals surface area contributed by atoms with Crippen LogP contribution in [0.25, 0.3) is 5.78 Å². The Hall–Kier alpha value is -0.520. The summed E-state index contributed by atoms with van der Waals surface area (Å²) >= 11 is 13.7. The number of fused-ring (bicyclic) bond motifs is 1. The lowest BCUT2D eigenvalue weighted by molar-refractivity contribution is 0.878. The fraction of sp³-hybridized carbons (Fsp3) is 0.545. The Kier molecular flexibility index (Phi) is 2.95. The van der Waals surface area contributed by atoms with E-state index in [1.54, 1.807) is 11.8 Å². The molecule has 18 heavy (non-hydrogen) atoms. The first-order valence-electron chi connectivity index (χ1n) is 5.67. The lowest BCUT2D eigenvalue weighted by Crippen LogP contribution is -1.99. The second-order valence-corrected chi connectivity index (χ2v) is 7.16. The predicted octanol–water partition coefficient (Wildman–Crippen LogP) is 3.03. The van der Waals surface area contributed by atoms with Crippen LogP contribution >= 0.6 is 35.0 Å². The largest absolute Gasteiger partial charge is 0.259 e. The van der Waals surface area contributed by atoms with Gasteiger partial charge in [0.15, 0.2) is 5.16 Å². The van der Waals surface area contributed by atoms with Crippen LogP contribution < -0.4 is 0 Å². The van der Waals surface area contributed by atoms with E-state index in [-0.39, 0.29) is 0 Å². The molecule has 2 aromatic heterocycles. The van der Waals surface area contributed by atoms with E-state index in [0.29, 0.717) is 11.7 Å². The monoisotopic (exact) mass is 302 g/mol. The van der Waals surface area contributed by atoms with Gasteiger partial charge in [-0.1, -0.05) is 11.8 Å². The van der Waals surface area contributed by atoms with Crippen molar-refractivity contribution in [2.75, 3.05) is 5.75 Å². The minimum absolute atomic E-state index is 0.344. The van der Waals surface area contributed by atoms with Crippen molar-refractivity contribution in [2.24, 2.45) is 5.92 Å². The third-order valence-electron chi connectivity index (χ3n) is 3.03. The highest BCUT2D eigenvalue weighted by Gasteiger charge is 2.51. The van der Waals surface area contributed by atoms with Gasteiger partial charge in [-0.3, -0.25) is 4.40 Å². The van der Waals surface area contributed by atoms with Crippen molar-refractivity contribution in [3.8, 4) is 0 Å². The Morgan fingerprint density at radius 1 is 1.44 bits per heavy atom. The lowest BCUT2D eigenvalue weighted by Gasteiger charge is -2.04. The van der Waals surface area contributed by atoms with Crippen LogP contribution in [0.5, 0.6) is 0 Å². The van der Waals surface area contributed by atoms with E-state index in [0.717, 1.165) is 28.7 Å².